The zero-order valence-corrected chi connectivity index (χ0v) is 25.8. The molecule has 0 spiro atoms. The minimum Gasteiger partial charge on any atom is -0.456 e. The lowest BCUT2D eigenvalue weighted by atomic mass is 9.79. The standard InChI is InChI=1S/C45H30O/c1-45(2)37-24-21-29(41-32-16-8-6-14-30(32)40(27-12-4-3-5-13-27)31-15-7-9-17-33(31)41)26-36(37)34-23-20-28-22-25-39-43(42(28)44(34)45)35-18-10-11-19-38(35)46-39/h3-26H,1-2H3. The van der Waals surface area contributed by atoms with Crippen LogP contribution in [-0.2, 0) is 5.41 Å². The molecule has 0 aliphatic heterocycles. The van der Waals surface area contributed by atoms with E-state index in [1.165, 1.54) is 87.6 Å². The Hall–Kier alpha value is -5.66. The van der Waals surface area contributed by atoms with Crippen molar-refractivity contribution in [3.63, 3.8) is 0 Å². The highest BCUT2D eigenvalue weighted by molar-refractivity contribution is 6.23. The molecule has 1 nitrogen and oxygen atoms in total. The molecule has 0 unspecified atom stereocenters. The van der Waals surface area contributed by atoms with E-state index in [2.05, 4.69) is 159 Å². The summed E-state index contributed by atoms with van der Waals surface area (Å²) in [5, 5.41) is 10.1. The molecule has 1 heteroatoms. The quantitative estimate of drug-likeness (QED) is 0.184. The monoisotopic (exact) mass is 586 g/mol. The van der Waals surface area contributed by atoms with E-state index in [1.54, 1.807) is 0 Å². The lowest BCUT2D eigenvalue weighted by Crippen LogP contribution is -2.15. The van der Waals surface area contributed by atoms with Gasteiger partial charge in [0.05, 0.1) is 0 Å². The highest BCUT2D eigenvalue weighted by Crippen LogP contribution is 2.54. The first-order valence-electron chi connectivity index (χ1n) is 16.1. The van der Waals surface area contributed by atoms with Gasteiger partial charge < -0.3 is 4.42 Å². The van der Waals surface area contributed by atoms with Crippen LogP contribution in [0, 0.1) is 0 Å². The topological polar surface area (TPSA) is 13.1 Å². The van der Waals surface area contributed by atoms with Crippen molar-refractivity contribution < 1.29 is 4.42 Å². The Kier molecular flexibility index (Phi) is 5.12. The van der Waals surface area contributed by atoms with Gasteiger partial charge in [-0.25, -0.2) is 0 Å². The van der Waals surface area contributed by atoms with Crippen molar-refractivity contribution in [2.45, 2.75) is 19.3 Å². The molecule has 216 valence electrons. The molecule has 1 aliphatic rings. The second-order valence-electron chi connectivity index (χ2n) is 13.2. The molecule has 1 heterocycles. The Balaban J connectivity index is 1.28. The summed E-state index contributed by atoms with van der Waals surface area (Å²) in [5.74, 6) is 0. The number of para-hydroxylation sites is 1. The maximum atomic E-state index is 6.37. The summed E-state index contributed by atoms with van der Waals surface area (Å²) < 4.78 is 6.37. The third-order valence-electron chi connectivity index (χ3n) is 10.4. The van der Waals surface area contributed by atoms with Gasteiger partial charge in [-0.15, -0.1) is 0 Å². The SMILES string of the molecule is CC1(C)c2ccc(-c3c4ccccc4c(-c4ccccc4)c4ccccc34)cc2-c2ccc3ccc4oc5ccccc5c4c3c21. The second-order valence-corrected chi connectivity index (χ2v) is 13.2. The Morgan fingerprint density at radius 3 is 1.72 bits per heavy atom. The van der Waals surface area contributed by atoms with E-state index >= 15 is 0 Å². The van der Waals surface area contributed by atoms with Crippen LogP contribution in [0.15, 0.2) is 150 Å². The molecule has 0 atom stereocenters. The molecule has 8 aromatic carbocycles. The fraction of sp³-hybridized carbons (Fsp3) is 0.0667. The Labute approximate surface area is 267 Å². The van der Waals surface area contributed by atoms with Gasteiger partial charge in [-0.2, -0.15) is 0 Å². The van der Waals surface area contributed by atoms with Crippen LogP contribution in [0.3, 0.4) is 0 Å². The van der Waals surface area contributed by atoms with Gasteiger partial charge in [-0.05, 0) is 95.0 Å². The lowest BCUT2D eigenvalue weighted by molar-refractivity contribution is 0.665. The molecule has 1 aromatic heterocycles. The molecule has 0 amide bonds. The van der Waals surface area contributed by atoms with E-state index in [4.69, 9.17) is 4.42 Å². The predicted octanol–water partition coefficient (Wildman–Crippen LogP) is 12.7. The van der Waals surface area contributed by atoms with Crippen LogP contribution in [0.25, 0.3) is 87.6 Å². The van der Waals surface area contributed by atoms with Crippen molar-refractivity contribution in [2.75, 3.05) is 0 Å². The third-order valence-corrected chi connectivity index (χ3v) is 10.4. The summed E-state index contributed by atoms with van der Waals surface area (Å²) >= 11 is 0. The normalized spacial score (nSPS) is 13.6. The minimum absolute atomic E-state index is 0.170. The van der Waals surface area contributed by atoms with Crippen molar-refractivity contribution in [1.29, 1.82) is 0 Å². The number of rotatable bonds is 2. The highest BCUT2D eigenvalue weighted by Gasteiger charge is 2.38. The molecule has 0 bridgehead atoms. The van der Waals surface area contributed by atoms with Crippen LogP contribution in [0.2, 0.25) is 0 Å². The largest absolute Gasteiger partial charge is 0.456 e. The molecule has 0 saturated heterocycles. The van der Waals surface area contributed by atoms with Crippen LogP contribution in [0.1, 0.15) is 25.0 Å². The fourth-order valence-corrected chi connectivity index (χ4v) is 8.46. The summed E-state index contributed by atoms with van der Waals surface area (Å²) in [4.78, 5) is 0. The molecule has 10 rings (SSSR count). The summed E-state index contributed by atoms with van der Waals surface area (Å²) in [6.07, 6.45) is 0. The van der Waals surface area contributed by atoms with Crippen molar-refractivity contribution >= 4 is 54.3 Å². The van der Waals surface area contributed by atoms with Crippen molar-refractivity contribution in [2.24, 2.45) is 0 Å². The maximum Gasteiger partial charge on any atom is 0.136 e. The van der Waals surface area contributed by atoms with Gasteiger partial charge in [-0.3, -0.25) is 0 Å². The zero-order valence-electron chi connectivity index (χ0n) is 25.8. The smallest absolute Gasteiger partial charge is 0.136 e. The molecule has 46 heavy (non-hydrogen) atoms. The van der Waals surface area contributed by atoms with Crippen molar-refractivity contribution in [1.82, 2.24) is 0 Å². The fourth-order valence-electron chi connectivity index (χ4n) is 8.46. The minimum atomic E-state index is -0.170. The van der Waals surface area contributed by atoms with Crippen LogP contribution in [-0.4, -0.2) is 0 Å². The molecule has 0 saturated carbocycles. The zero-order chi connectivity index (χ0) is 30.6. The molecule has 9 aromatic rings. The van der Waals surface area contributed by atoms with Crippen LogP contribution >= 0.6 is 0 Å². The van der Waals surface area contributed by atoms with Gasteiger partial charge in [0, 0.05) is 16.2 Å². The van der Waals surface area contributed by atoms with Gasteiger partial charge in [-0.1, -0.05) is 141 Å². The average molecular weight is 587 g/mol. The number of hydrogen-bond acceptors (Lipinski definition) is 1. The van der Waals surface area contributed by atoms with E-state index < -0.39 is 0 Å². The molecule has 1 aliphatic carbocycles. The van der Waals surface area contributed by atoms with Crippen molar-refractivity contribution in [3.05, 3.63) is 157 Å². The summed E-state index contributed by atoms with van der Waals surface area (Å²) in [6, 6.07) is 53.3. The van der Waals surface area contributed by atoms with Crippen LogP contribution < -0.4 is 0 Å². The Morgan fingerprint density at radius 1 is 0.435 bits per heavy atom. The Morgan fingerprint density at radius 2 is 1.02 bits per heavy atom. The summed E-state index contributed by atoms with van der Waals surface area (Å²) in [5.41, 5.74) is 12.2. The molecule has 0 N–H and O–H groups in total. The van der Waals surface area contributed by atoms with Gasteiger partial charge in [0.2, 0.25) is 0 Å². The summed E-state index contributed by atoms with van der Waals surface area (Å²) in [7, 11) is 0. The number of furan rings is 1. The van der Waals surface area contributed by atoms with Gasteiger partial charge >= 0.3 is 0 Å². The average Bonchev–Trinajstić information content (AvgIpc) is 3.59. The van der Waals surface area contributed by atoms with E-state index in [0.717, 1.165) is 11.2 Å². The highest BCUT2D eigenvalue weighted by atomic mass is 16.3. The number of hydrogen-bond donors (Lipinski definition) is 0. The van der Waals surface area contributed by atoms with Gasteiger partial charge in [0.25, 0.3) is 0 Å². The summed E-state index contributed by atoms with van der Waals surface area (Å²) in [6.45, 7) is 4.77. The molecule has 0 radical (unpaired) electrons. The molecular formula is C45H30O. The first-order chi connectivity index (χ1) is 22.6. The first kappa shape index (κ1) is 25.6. The molecule has 0 fully saturated rings. The first-order valence-corrected chi connectivity index (χ1v) is 16.1. The van der Waals surface area contributed by atoms with E-state index in [9.17, 15) is 0 Å². The van der Waals surface area contributed by atoms with E-state index in [0.29, 0.717) is 0 Å². The predicted molar refractivity (Wildman–Crippen MR) is 195 cm³/mol. The number of benzene rings is 8. The molecular weight excluding hydrogens is 556 g/mol. The second kappa shape index (κ2) is 9.19. The van der Waals surface area contributed by atoms with Gasteiger partial charge in [0.15, 0.2) is 0 Å². The van der Waals surface area contributed by atoms with Crippen LogP contribution in [0.5, 0.6) is 0 Å². The lowest BCUT2D eigenvalue weighted by Gasteiger charge is -2.24. The van der Waals surface area contributed by atoms with Crippen LogP contribution in [0.4, 0.5) is 0 Å². The van der Waals surface area contributed by atoms with Gasteiger partial charge in [0.1, 0.15) is 11.2 Å². The maximum absolute atomic E-state index is 6.37. The Bertz CT molecular complexity index is 2650. The van der Waals surface area contributed by atoms with E-state index in [1.807, 2.05) is 0 Å². The van der Waals surface area contributed by atoms with Crippen molar-refractivity contribution in [3.8, 4) is 33.4 Å². The third kappa shape index (κ3) is 3.35. The number of fused-ring (bicyclic) bond motifs is 11. The van der Waals surface area contributed by atoms with E-state index in [-0.39, 0.29) is 5.41 Å².